The lowest BCUT2D eigenvalue weighted by Crippen LogP contribution is -2.58. The number of hydrogen-bond donors (Lipinski definition) is 2. The maximum absolute atomic E-state index is 14.0. The largest absolute Gasteiger partial charge is 0.375 e. The minimum atomic E-state index is -3.99. The normalized spacial score (nSPS) is 24.6. The van der Waals surface area contributed by atoms with Crippen molar-refractivity contribution in [2.45, 2.75) is 56.6 Å². The van der Waals surface area contributed by atoms with E-state index in [1.54, 1.807) is 35.8 Å². The van der Waals surface area contributed by atoms with Crippen LogP contribution < -0.4 is 5.48 Å². The molecule has 1 aromatic rings. The van der Waals surface area contributed by atoms with E-state index in [-0.39, 0.29) is 35.4 Å². The number of nitrogens with zero attached hydrogens (tertiary/aromatic N) is 2. The topological polar surface area (TPSA) is 107 Å². The van der Waals surface area contributed by atoms with Gasteiger partial charge in [-0.15, -0.1) is 0 Å². The van der Waals surface area contributed by atoms with E-state index in [0.717, 1.165) is 38.2 Å². The van der Waals surface area contributed by atoms with Gasteiger partial charge in [0.25, 0.3) is 5.91 Å². The van der Waals surface area contributed by atoms with Crippen molar-refractivity contribution in [1.82, 2.24) is 15.3 Å². The van der Waals surface area contributed by atoms with Crippen LogP contribution in [0.5, 0.6) is 0 Å². The highest BCUT2D eigenvalue weighted by Crippen LogP contribution is 2.41. The highest BCUT2D eigenvalue weighted by atomic mass is 35.5. The van der Waals surface area contributed by atoms with Crippen LogP contribution in [0.25, 0.3) is 0 Å². The third-order valence-electron chi connectivity index (χ3n) is 9.06. The van der Waals surface area contributed by atoms with E-state index in [0.29, 0.717) is 36.0 Å². The van der Waals surface area contributed by atoms with Crippen LogP contribution in [0.2, 0.25) is 5.02 Å². The molecule has 1 amide bonds. The Hall–Kier alpha value is -2.20. The van der Waals surface area contributed by atoms with Gasteiger partial charge in [0.15, 0.2) is 20.4 Å². The number of Topliss-reactive ketones (excluding diaryl/α,β-unsaturated/α-hetero) is 1. The lowest BCUT2D eigenvalue weighted by molar-refractivity contribution is -0.133. The molecule has 2 aliphatic heterocycles. The number of ketones is 1. The van der Waals surface area contributed by atoms with E-state index in [9.17, 15) is 23.2 Å². The van der Waals surface area contributed by atoms with Crippen molar-refractivity contribution in [3.05, 3.63) is 57.6 Å². The van der Waals surface area contributed by atoms with Gasteiger partial charge in [-0.2, -0.15) is 0 Å². The second kappa shape index (κ2) is 11.4. The number of hydrogen-bond acceptors (Lipinski definition) is 7. The number of nitrogens with one attached hydrogen (secondary N) is 1. The zero-order valence-electron chi connectivity index (χ0n) is 22.4. The van der Waals surface area contributed by atoms with Gasteiger partial charge in [-0.3, -0.25) is 14.8 Å². The maximum Gasteiger partial charge on any atom is 0.265 e. The predicted octanol–water partition coefficient (Wildman–Crippen LogP) is 4.21. The van der Waals surface area contributed by atoms with E-state index in [1.807, 2.05) is 13.0 Å². The summed E-state index contributed by atoms with van der Waals surface area (Å²) >= 11 is 5.96. The first-order valence-corrected chi connectivity index (χ1v) is 15.9. The Kier molecular flexibility index (Phi) is 8.25. The number of allylic oxidation sites excluding steroid dienone is 4. The molecule has 212 valence electrons. The van der Waals surface area contributed by atoms with Gasteiger partial charge in [0.2, 0.25) is 0 Å². The van der Waals surface area contributed by atoms with Crippen molar-refractivity contribution in [3.63, 3.8) is 0 Å². The molecule has 5 rings (SSSR count). The van der Waals surface area contributed by atoms with Crippen molar-refractivity contribution in [1.29, 1.82) is 0 Å². The second-order valence-electron chi connectivity index (χ2n) is 11.6. The molecule has 8 nitrogen and oxygen atoms in total. The third-order valence-corrected chi connectivity index (χ3v) is 11.9. The molecule has 2 N–H and O–H groups in total. The van der Waals surface area contributed by atoms with Crippen molar-refractivity contribution in [2.24, 2.45) is 17.8 Å². The first-order chi connectivity index (χ1) is 18.6. The van der Waals surface area contributed by atoms with Crippen LogP contribution in [0.3, 0.4) is 0 Å². The number of carbonyl (C=O) groups is 2. The molecule has 2 heterocycles. The Morgan fingerprint density at radius 2 is 1.67 bits per heavy atom. The van der Waals surface area contributed by atoms with Crippen LogP contribution in [0.4, 0.5) is 0 Å². The summed E-state index contributed by atoms with van der Waals surface area (Å²) in [5.41, 5.74) is 3.41. The fourth-order valence-electron chi connectivity index (χ4n) is 6.42. The van der Waals surface area contributed by atoms with Gasteiger partial charge in [0, 0.05) is 65.7 Å². The van der Waals surface area contributed by atoms with Crippen molar-refractivity contribution < 1.29 is 23.2 Å². The summed E-state index contributed by atoms with van der Waals surface area (Å²) in [7, 11) is -3.99. The lowest BCUT2D eigenvalue weighted by atomic mass is 9.87. The number of carbonyl (C=O) groups excluding carboxylic acids is 2. The molecule has 1 unspecified atom stereocenters. The third kappa shape index (κ3) is 5.69. The summed E-state index contributed by atoms with van der Waals surface area (Å²) < 4.78 is 26.3. The quantitative estimate of drug-likeness (QED) is 0.272. The second-order valence-corrected chi connectivity index (χ2v) is 14.4. The molecule has 1 aromatic carbocycles. The minimum Gasteiger partial charge on any atom is -0.375 e. The van der Waals surface area contributed by atoms with Crippen LogP contribution in [0.1, 0.15) is 62.2 Å². The zero-order chi connectivity index (χ0) is 27.8. The summed E-state index contributed by atoms with van der Waals surface area (Å²) in [4.78, 5) is 30.6. The Morgan fingerprint density at radius 1 is 1.03 bits per heavy atom. The summed E-state index contributed by atoms with van der Waals surface area (Å²) in [5, 5.41) is 10.1. The van der Waals surface area contributed by atoms with Crippen LogP contribution >= 0.6 is 11.6 Å². The monoisotopic (exact) mass is 575 g/mol. The van der Waals surface area contributed by atoms with E-state index >= 15 is 0 Å². The average Bonchev–Trinajstić information content (AvgIpc) is 3.77. The zero-order valence-corrected chi connectivity index (χ0v) is 24.0. The molecular weight excluding hydrogens is 538 g/mol. The van der Waals surface area contributed by atoms with E-state index in [1.165, 1.54) is 12.8 Å². The molecule has 0 spiro atoms. The number of benzene rings is 1. The van der Waals surface area contributed by atoms with Gasteiger partial charge in [-0.1, -0.05) is 18.5 Å². The molecule has 1 atom stereocenters. The van der Waals surface area contributed by atoms with E-state index in [4.69, 9.17) is 11.6 Å². The maximum atomic E-state index is 14.0. The molecule has 10 heteroatoms. The molecular formula is C29H38ClN3O5S. The summed E-state index contributed by atoms with van der Waals surface area (Å²) in [6.45, 7) is 5.46. The smallest absolute Gasteiger partial charge is 0.265 e. The fourth-order valence-corrected chi connectivity index (χ4v) is 8.77. The van der Waals surface area contributed by atoms with Gasteiger partial charge >= 0.3 is 0 Å². The van der Waals surface area contributed by atoms with Crippen molar-refractivity contribution in [3.8, 4) is 0 Å². The average molecular weight is 576 g/mol. The number of sulfone groups is 1. The number of amides is 1. The Morgan fingerprint density at radius 3 is 2.23 bits per heavy atom. The summed E-state index contributed by atoms with van der Waals surface area (Å²) in [6.07, 6.45) is 8.07. The van der Waals surface area contributed by atoms with Crippen LogP contribution in [0, 0.1) is 17.8 Å². The molecule has 39 heavy (non-hydrogen) atoms. The van der Waals surface area contributed by atoms with Gasteiger partial charge in [0.1, 0.15) is 0 Å². The Labute approximate surface area is 235 Å². The number of halogens is 1. The molecule has 2 saturated heterocycles. The number of rotatable bonds is 8. The molecule has 0 radical (unpaired) electrons. The van der Waals surface area contributed by atoms with Crippen molar-refractivity contribution >= 4 is 33.1 Å². The Bertz CT molecular complexity index is 1260. The van der Waals surface area contributed by atoms with Crippen LogP contribution in [0.15, 0.2) is 47.0 Å². The van der Waals surface area contributed by atoms with E-state index in [2.05, 4.69) is 9.80 Å². The minimum absolute atomic E-state index is 0.0453. The van der Waals surface area contributed by atoms with Gasteiger partial charge in [-0.05, 0) is 87.3 Å². The standard InChI is InChI=1S/C29H38ClN3O5S/c1-20-18-25(39(37,38)29(28(35)31-36)12-16-32(17-13-29)19-21-2-3-21)8-9-26(20)33-14-10-23(11-15-33)27(34)22-4-6-24(30)7-5-22/h4-9,20-21,23,36H,2-3,10-19H2,1H3,(H,31,35). The molecule has 2 aliphatic carbocycles. The van der Waals surface area contributed by atoms with E-state index < -0.39 is 20.5 Å². The summed E-state index contributed by atoms with van der Waals surface area (Å²) in [5.74, 6) is -0.0967. The molecule has 1 saturated carbocycles. The highest BCUT2D eigenvalue weighted by Gasteiger charge is 2.54. The molecule has 3 fully saturated rings. The molecule has 4 aliphatic rings. The van der Waals surface area contributed by atoms with Crippen LogP contribution in [-0.2, 0) is 14.6 Å². The number of piperidine rings is 2. The first-order valence-electron chi connectivity index (χ1n) is 14.0. The number of likely N-dealkylation sites (tertiary alicyclic amines) is 2. The molecule has 0 bridgehead atoms. The van der Waals surface area contributed by atoms with Crippen LogP contribution in [-0.4, -0.2) is 72.6 Å². The highest BCUT2D eigenvalue weighted by molar-refractivity contribution is 7.97. The molecule has 0 aromatic heterocycles. The SMILES string of the molecule is CC1CC(S(=O)(=O)C2(C(=O)NO)CCN(CC3CC3)CC2)=CC=C1N1CCC(C(=O)c2ccc(Cl)cc2)CC1. The van der Waals surface area contributed by atoms with Gasteiger partial charge in [0.05, 0.1) is 0 Å². The van der Waals surface area contributed by atoms with Gasteiger partial charge in [-0.25, -0.2) is 13.9 Å². The summed E-state index contributed by atoms with van der Waals surface area (Å²) in [6, 6.07) is 7.02. The first kappa shape index (κ1) is 28.3. The van der Waals surface area contributed by atoms with Gasteiger partial charge < -0.3 is 9.80 Å². The fraction of sp³-hybridized carbons (Fsp3) is 0.586. The van der Waals surface area contributed by atoms with Crippen molar-refractivity contribution in [2.75, 3.05) is 32.7 Å². The Balaban J connectivity index is 1.27. The lowest BCUT2D eigenvalue weighted by Gasteiger charge is -2.41. The number of hydroxylamine groups is 1. The predicted molar refractivity (Wildman–Crippen MR) is 150 cm³/mol.